The summed E-state index contributed by atoms with van der Waals surface area (Å²) in [4.78, 5) is 8.38. The molecule has 0 amide bonds. The van der Waals surface area contributed by atoms with Gasteiger partial charge in [0.15, 0.2) is 0 Å². The molecule has 1 N–H and O–H groups in total. The number of benzene rings is 4. The zero-order valence-corrected chi connectivity index (χ0v) is 28.0. The molecule has 2 heterocycles. The normalized spacial score (nSPS) is 14.6. The Labute approximate surface area is 294 Å². The number of anilines is 2. The van der Waals surface area contributed by atoms with Gasteiger partial charge in [0.2, 0.25) is 0 Å². The molecule has 0 aliphatic carbocycles. The summed E-state index contributed by atoms with van der Waals surface area (Å²) >= 11 is 0. The summed E-state index contributed by atoms with van der Waals surface area (Å²) in [5.74, 6) is 0. The van der Waals surface area contributed by atoms with E-state index in [-0.39, 0.29) is 21.1 Å². The molecule has 1 aliphatic heterocycles. The second-order valence-electron chi connectivity index (χ2n) is 10.6. The molecule has 4 aromatic carbocycles. The largest absolute Gasteiger partial charge is 4.00 e. The molecule has 5 aromatic rings. The molecule has 0 radical (unpaired) electrons. The van der Waals surface area contributed by atoms with Crippen LogP contribution in [0.15, 0.2) is 85.3 Å². The summed E-state index contributed by atoms with van der Waals surface area (Å²) in [5.41, 5.74) is 9.41. The number of rotatable bonds is 6. The Bertz CT molecular complexity index is 2130. The maximum absolute atomic E-state index is 8.88. The monoisotopic (exact) mass is 790 g/mol. The van der Waals surface area contributed by atoms with Gasteiger partial charge in [0, 0.05) is 8.22 Å². The van der Waals surface area contributed by atoms with Crippen LogP contribution < -0.4 is 15.2 Å². The van der Waals surface area contributed by atoms with Crippen molar-refractivity contribution in [1.82, 2.24) is 14.8 Å². The van der Waals surface area contributed by atoms with Crippen molar-refractivity contribution in [3.05, 3.63) is 133 Å². The number of nitrogens with zero attached hydrogens (tertiary/aromatic N) is 6. The first kappa shape index (κ1) is 26.3. The first-order valence-electron chi connectivity index (χ1n) is 17.2. The van der Waals surface area contributed by atoms with Gasteiger partial charge in [-0.1, -0.05) is 35.9 Å². The Balaban J connectivity index is 0.000000280. The van der Waals surface area contributed by atoms with Crippen LogP contribution in [0.2, 0.25) is 0 Å². The van der Waals surface area contributed by atoms with Crippen LogP contribution in [-0.2, 0) is 21.1 Å². The predicted octanol–water partition coefficient (Wildman–Crippen LogP) is 8.11. The minimum absolute atomic E-state index is 0. The number of aryl methyl sites for hydroxylation is 3. The molecule has 7 nitrogen and oxygen atoms in total. The Morgan fingerprint density at radius 3 is 2.15 bits per heavy atom. The number of fused-ring (bicyclic) bond motifs is 3. The predicted molar refractivity (Wildman–Crippen MR) is 183 cm³/mol. The van der Waals surface area contributed by atoms with Crippen molar-refractivity contribution < 1.29 is 29.3 Å². The first-order chi connectivity index (χ1) is 24.1. The zero-order chi connectivity index (χ0) is 37.1. The third-order valence-electron chi connectivity index (χ3n) is 7.19. The molecule has 1 aromatic heterocycles. The number of nitrogens with one attached hydrogen (secondary N) is 1. The number of allylic oxidation sites excluding steroid dienone is 1. The van der Waals surface area contributed by atoms with Gasteiger partial charge in [-0.25, -0.2) is 0 Å². The van der Waals surface area contributed by atoms with Gasteiger partial charge in [0.05, 0.1) is 23.3 Å². The molecule has 232 valence electrons. The van der Waals surface area contributed by atoms with Gasteiger partial charge in [0.1, 0.15) is 0 Å². The third kappa shape index (κ3) is 7.63. The van der Waals surface area contributed by atoms with Crippen LogP contribution >= 0.6 is 0 Å². The molecule has 0 unspecified atom stereocenters. The molecule has 8 heteroatoms. The second kappa shape index (κ2) is 14.9. The summed E-state index contributed by atoms with van der Waals surface area (Å²) in [5, 5.41) is 22.7. The molecule has 0 saturated carbocycles. The van der Waals surface area contributed by atoms with Crippen LogP contribution in [0, 0.1) is 62.8 Å². The van der Waals surface area contributed by atoms with E-state index in [1.54, 1.807) is 36.2 Å². The van der Waals surface area contributed by atoms with Gasteiger partial charge in [-0.3, -0.25) is 0 Å². The van der Waals surface area contributed by atoms with E-state index < -0.39 is 14.0 Å². The van der Waals surface area contributed by atoms with E-state index in [4.69, 9.17) is 18.7 Å². The van der Waals surface area contributed by atoms with E-state index in [0.717, 1.165) is 59.4 Å². The van der Waals surface area contributed by atoms with Gasteiger partial charge in [0.25, 0.3) is 0 Å². The fourth-order valence-electron chi connectivity index (χ4n) is 5.36. The summed E-state index contributed by atoms with van der Waals surface area (Å²) in [6.07, 6.45) is 6.24. The van der Waals surface area contributed by atoms with Crippen molar-refractivity contribution in [3.8, 4) is 23.3 Å². The first-order valence-corrected chi connectivity index (χ1v) is 14.2. The topological polar surface area (TPSA) is 83.4 Å². The molecular weight excluding hydrogens is 750 g/mol. The average molecular weight is 791 g/mol. The van der Waals surface area contributed by atoms with Gasteiger partial charge in [-0.05, 0) is 112 Å². The van der Waals surface area contributed by atoms with Crippen LogP contribution in [0.3, 0.4) is 0 Å². The quantitative estimate of drug-likeness (QED) is 0.174. The number of hydrogen-bond donors (Lipinski definition) is 1. The standard InChI is InChI=1S/C24H29N4.C14H6N3.Pt/c1-7-8-26(5)16-25-22-13-21(24-19(3)11-18(2)12-20(24)4)14-23(15-22)28-10-9-27(6)17-28;15-7-9-1-3-13-11(5-9)12-6-10(8-16)2-4-14(12)17-13;/h7-14,16-17,25H,1-6H3;1-6H;/q-3;-1;+4/b8-7-;;/i5D3,6D3;;. The van der Waals surface area contributed by atoms with Crippen molar-refractivity contribution in [2.45, 2.75) is 27.7 Å². The van der Waals surface area contributed by atoms with E-state index in [1.807, 2.05) is 57.2 Å². The van der Waals surface area contributed by atoms with Gasteiger partial charge < -0.3 is 25.0 Å². The number of aromatic nitrogens is 1. The molecule has 0 spiro atoms. The Hall–Kier alpha value is -4.97. The van der Waals surface area contributed by atoms with Crippen LogP contribution in [0.4, 0.5) is 11.4 Å². The molecule has 6 rings (SSSR count). The van der Waals surface area contributed by atoms with E-state index in [9.17, 15) is 0 Å². The summed E-state index contributed by atoms with van der Waals surface area (Å²) in [6.45, 7) is 6.10. The van der Waals surface area contributed by atoms with Crippen molar-refractivity contribution >= 4 is 33.2 Å². The van der Waals surface area contributed by atoms with E-state index in [2.05, 4.69) is 40.6 Å². The molecule has 0 saturated heterocycles. The van der Waals surface area contributed by atoms with Gasteiger partial charge in [-0.2, -0.15) is 23.9 Å². The summed E-state index contributed by atoms with van der Waals surface area (Å²) in [7, 11) is 0. The van der Waals surface area contributed by atoms with Crippen LogP contribution in [0.5, 0.6) is 0 Å². The van der Waals surface area contributed by atoms with Crippen molar-refractivity contribution in [3.63, 3.8) is 0 Å². The minimum Gasteiger partial charge on any atom is -0.657 e. The zero-order valence-electron chi connectivity index (χ0n) is 31.7. The van der Waals surface area contributed by atoms with Crippen molar-refractivity contribution in [2.24, 2.45) is 0 Å². The van der Waals surface area contributed by atoms with Crippen LogP contribution in [0.1, 0.15) is 43.0 Å². The van der Waals surface area contributed by atoms with Crippen LogP contribution in [-0.4, -0.2) is 23.8 Å². The molecule has 1 aliphatic rings. The Morgan fingerprint density at radius 2 is 1.61 bits per heavy atom. The van der Waals surface area contributed by atoms with E-state index in [0.29, 0.717) is 22.5 Å². The van der Waals surface area contributed by atoms with Gasteiger partial charge >= 0.3 is 21.1 Å². The van der Waals surface area contributed by atoms with Crippen molar-refractivity contribution in [2.75, 3.05) is 24.2 Å². The van der Waals surface area contributed by atoms with E-state index in [1.165, 1.54) is 25.7 Å². The average Bonchev–Trinajstić information content (AvgIpc) is 3.71. The summed E-state index contributed by atoms with van der Waals surface area (Å²) < 4.78 is 46.1. The molecule has 0 atom stereocenters. The Morgan fingerprint density at radius 1 is 0.957 bits per heavy atom. The fraction of sp³-hybridized carbons (Fsp3) is 0.158. The minimum atomic E-state index is -2.35. The van der Waals surface area contributed by atoms with Crippen LogP contribution in [0.25, 0.3) is 32.9 Å². The SMILES string of the molecule is N#Cc1ccc2[n-]c3ccc(C#N)cc3c2c1.[2H]C([2H])([2H])N1C=CN(c2[c-]c(N[CH-]N(/C=C\C)C([2H])([2H])[2H])cc(-c3c(C)cc(C)cc3C)c2)[CH-]1.[Pt+4]. The number of hydrogen-bond acceptors (Lipinski definition) is 6. The molecule has 0 fully saturated rings. The van der Waals surface area contributed by atoms with Gasteiger partial charge in [-0.15, -0.1) is 46.2 Å². The second-order valence-corrected chi connectivity index (χ2v) is 10.6. The molecular formula is C38H35N7Pt. The number of nitriles is 2. The maximum Gasteiger partial charge on any atom is 4.00 e. The van der Waals surface area contributed by atoms with E-state index >= 15 is 0 Å². The third-order valence-corrected chi connectivity index (χ3v) is 7.19. The maximum atomic E-state index is 8.88. The Kier molecular flexibility index (Phi) is 8.49. The van der Waals surface area contributed by atoms with Crippen molar-refractivity contribution in [1.29, 1.82) is 10.5 Å². The molecule has 46 heavy (non-hydrogen) atoms. The fourth-order valence-corrected chi connectivity index (χ4v) is 5.36. The summed E-state index contributed by atoms with van der Waals surface area (Å²) in [6, 6.07) is 26.3. The molecule has 0 bridgehead atoms. The smallest absolute Gasteiger partial charge is 0.657 e.